The molecule has 3 aromatic carbocycles. The number of sulfonamides is 1. The summed E-state index contributed by atoms with van der Waals surface area (Å²) in [6, 6.07) is 16.4. The van der Waals surface area contributed by atoms with Crippen LogP contribution in [0.1, 0.15) is 11.1 Å². The summed E-state index contributed by atoms with van der Waals surface area (Å²) in [5, 5.41) is 2.60. The van der Waals surface area contributed by atoms with E-state index in [1.807, 2.05) is 0 Å². The number of anilines is 1. The molecule has 0 aliphatic heterocycles. The molecule has 35 heavy (non-hydrogen) atoms. The summed E-state index contributed by atoms with van der Waals surface area (Å²) in [5.74, 6) is -0.334. The van der Waals surface area contributed by atoms with E-state index in [1.165, 1.54) is 38.5 Å². The minimum Gasteiger partial charge on any atom is -0.493 e. The predicted octanol–water partition coefficient (Wildman–Crippen LogP) is 4.23. The van der Waals surface area contributed by atoms with Crippen molar-refractivity contribution in [2.24, 2.45) is 0 Å². The standard InChI is InChI=1S/C24H23F3N2O5S/c1-33-21-12-11-20(14-22(21)34-2)35(31,32)29(19-10-6-9-18(13-19)24(25,26)27)16-23(30)28-15-17-7-4-3-5-8-17/h3-14H,15-16H2,1-2H3,(H,28,30). The lowest BCUT2D eigenvalue weighted by molar-refractivity contribution is -0.137. The van der Waals surface area contributed by atoms with Crippen LogP contribution in [0.25, 0.3) is 0 Å². The van der Waals surface area contributed by atoms with Gasteiger partial charge in [-0.3, -0.25) is 9.10 Å². The van der Waals surface area contributed by atoms with E-state index in [1.54, 1.807) is 30.3 Å². The molecule has 3 rings (SSSR count). The maximum Gasteiger partial charge on any atom is 0.416 e. The van der Waals surface area contributed by atoms with Crippen LogP contribution in [-0.2, 0) is 27.5 Å². The van der Waals surface area contributed by atoms with Gasteiger partial charge in [0.2, 0.25) is 5.91 Å². The molecule has 1 N–H and O–H groups in total. The zero-order chi connectivity index (χ0) is 25.6. The molecule has 0 saturated carbocycles. The third kappa shape index (κ3) is 6.24. The minimum atomic E-state index is -4.70. The highest BCUT2D eigenvalue weighted by Crippen LogP contribution is 2.35. The number of nitrogens with zero attached hydrogens (tertiary/aromatic N) is 1. The van der Waals surface area contributed by atoms with Crippen molar-refractivity contribution in [2.75, 3.05) is 25.1 Å². The third-order valence-corrected chi connectivity index (χ3v) is 6.79. The zero-order valence-corrected chi connectivity index (χ0v) is 19.7. The fraction of sp³-hybridized carbons (Fsp3) is 0.208. The highest BCUT2D eigenvalue weighted by Gasteiger charge is 2.33. The van der Waals surface area contributed by atoms with Gasteiger partial charge in [-0.1, -0.05) is 36.4 Å². The molecule has 0 radical (unpaired) electrons. The van der Waals surface area contributed by atoms with Gasteiger partial charge in [-0.25, -0.2) is 8.42 Å². The van der Waals surface area contributed by atoms with E-state index in [-0.39, 0.29) is 28.6 Å². The molecule has 0 unspecified atom stereocenters. The van der Waals surface area contributed by atoms with Gasteiger partial charge >= 0.3 is 6.18 Å². The normalized spacial score (nSPS) is 11.6. The van der Waals surface area contributed by atoms with Crippen molar-refractivity contribution >= 4 is 21.6 Å². The van der Waals surface area contributed by atoms with Gasteiger partial charge in [-0.15, -0.1) is 0 Å². The summed E-state index contributed by atoms with van der Waals surface area (Å²) >= 11 is 0. The number of ether oxygens (including phenoxy) is 2. The Balaban J connectivity index is 2.00. The second kappa shape index (κ2) is 10.7. The lowest BCUT2D eigenvalue weighted by Crippen LogP contribution is -2.40. The molecule has 0 bridgehead atoms. The number of halogens is 3. The number of hydrogen-bond acceptors (Lipinski definition) is 5. The molecule has 0 saturated heterocycles. The number of rotatable bonds is 9. The molecule has 0 aromatic heterocycles. The summed E-state index contributed by atoms with van der Waals surface area (Å²) < 4.78 is 78.0. The first kappa shape index (κ1) is 25.9. The Morgan fingerprint density at radius 3 is 2.23 bits per heavy atom. The first-order valence-corrected chi connectivity index (χ1v) is 11.7. The highest BCUT2D eigenvalue weighted by atomic mass is 32.2. The highest BCUT2D eigenvalue weighted by molar-refractivity contribution is 7.92. The Morgan fingerprint density at radius 1 is 0.914 bits per heavy atom. The van der Waals surface area contributed by atoms with Crippen molar-refractivity contribution in [3.8, 4) is 11.5 Å². The second-order valence-corrected chi connectivity index (χ2v) is 9.20. The molecule has 0 heterocycles. The summed E-state index contributed by atoms with van der Waals surface area (Å²) in [6.07, 6.45) is -4.70. The van der Waals surface area contributed by atoms with E-state index < -0.39 is 34.2 Å². The molecule has 0 aliphatic rings. The molecule has 11 heteroatoms. The van der Waals surface area contributed by atoms with Gasteiger partial charge in [-0.2, -0.15) is 13.2 Å². The molecular weight excluding hydrogens is 485 g/mol. The number of amides is 1. The van der Waals surface area contributed by atoms with Gasteiger partial charge in [0.15, 0.2) is 11.5 Å². The Hall–Kier alpha value is -3.73. The zero-order valence-electron chi connectivity index (χ0n) is 18.9. The number of methoxy groups -OCH3 is 2. The van der Waals surface area contributed by atoms with E-state index in [4.69, 9.17) is 9.47 Å². The molecule has 0 fully saturated rings. The van der Waals surface area contributed by atoms with Crippen LogP contribution in [0, 0.1) is 0 Å². The number of benzene rings is 3. The Labute approximate surface area is 201 Å². The van der Waals surface area contributed by atoms with Crippen LogP contribution < -0.4 is 19.1 Å². The fourth-order valence-corrected chi connectivity index (χ4v) is 4.67. The summed E-state index contributed by atoms with van der Waals surface area (Å²) in [6.45, 7) is -0.628. The van der Waals surface area contributed by atoms with Crippen LogP contribution in [-0.4, -0.2) is 35.1 Å². The first-order chi connectivity index (χ1) is 16.6. The van der Waals surface area contributed by atoms with Crippen molar-refractivity contribution < 1.29 is 35.9 Å². The van der Waals surface area contributed by atoms with Crippen LogP contribution in [0.3, 0.4) is 0 Å². The molecule has 0 aliphatic carbocycles. The van der Waals surface area contributed by atoms with Crippen LogP contribution in [0.4, 0.5) is 18.9 Å². The quantitative estimate of drug-likeness (QED) is 0.468. The van der Waals surface area contributed by atoms with Crippen LogP contribution in [0.5, 0.6) is 11.5 Å². The average molecular weight is 509 g/mol. The minimum absolute atomic E-state index is 0.103. The van der Waals surface area contributed by atoms with E-state index in [2.05, 4.69) is 5.32 Å². The Kier molecular flexibility index (Phi) is 7.90. The maximum atomic E-state index is 13.5. The van der Waals surface area contributed by atoms with Crippen LogP contribution in [0.15, 0.2) is 77.7 Å². The molecule has 0 atom stereocenters. The summed E-state index contributed by atoms with van der Waals surface area (Å²) in [5.41, 5.74) is -0.592. The number of carbonyl (C=O) groups is 1. The maximum absolute atomic E-state index is 13.5. The number of alkyl halides is 3. The summed E-state index contributed by atoms with van der Waals surface area (Å²) in [4.78, 5) is 12.4. The molecule has 0 spiro atoms. The fourth-order valence-electron chi connectivity index (χ4n) is 3.24. The molecule has 1 amide bonds. The Morgan fingerprint density at radius 2 is 1.60 bits per heavy atom. The van der Waals surface area contributed by atoms with Gasteiger partial charge in [0.05, 0.1) is 30.4 Å². The van der Waals surface area contributed by atoms with Crippen molar-refractivity contribution in [1.29, 1.82) is 0 Å². The van der Waals surface area contributed by atoms with Crippen LogP contribution >= 0.6 is 0 Å². The lowest BCUT2D eigenvalue weighted by Gasteiger charge is -2.25. The number of hydrogen-bond donors (Lipinski definition) is 1. The first-order valence-electron chi connectivity index (χ1n) is 10.3. The van der Waals surface area contributed by atoms with E-state index in [9.17, 15) is 26.4 Å². The van der Waals surface area contributed by atoms with Crippen LogP contribution in [0.2, 0.25) is 0 Å². The van der Waals surface area contributed by atoms with E-state index in [0.29, 0.717) is 10.4 Å². The van der Waals surface area contributed by atoms with Crippen molar-refractivity contribution in [3.05, 3.63) is 83.9 Å². The van der Waals surface area contributed by atoms with Crippen molar-refractivity contribution in [2.45, 2.75) is 17.6 Å². The van der Waals surface area contributed by atoms with Crippen molar-refractivity contribution in [1.82, 2.24) is 5.32 Å². The molecule has 3 aromatic rings. The molecule has 186 valence electrons. The van der Waals surface area contributed by atoms with Gasteiger partial charge < -0.3 is 14.8 Å². The second-order valence-electron chi connectivity index (χ2n) is 7.34. The lowest BCUT2D eigenvalue weighted by atomic mass is 10.2. The van der Waals surface area contributed by atoms with Crippen molar-refractivity contribution in [3.63, 3.8) is 0 Å². The van der Waals surface area contributed by atoms with Gasteiger partial charge in [0, 0.05) is 12.6 Å². The van der Waals surface area contributed by atoms with Gasteiger partial charge in [0.1, 0.15) is 6.54 Å². The smallest absolute Gasteiger partial charge is 0.416 e. The molecule has 7 nitrogen and oxygen atoms in total. The number of nitrogens with one attached hydrogen (secondary N) is 1. The predicted molar refractivity (Wildman–Crippen MR) is 124 cm³/mol. The largest absolute Gasteiger partial charge is 0.493 e. The topological polar surface area (TPSA) is 84.9 Å². The third-order valence-electron chi connectivity index (χ3n) is 5.02. The summed E-state index contributed by atoms with van der Waals surface area (Å²) in [7, 11) is -1.79. The van der Waals surface area contributed by atoms with E-state index in [0.717, 1.165) is 17.7 Å². The SMILES string of the molecule is COc1ccc(S(=O)(=O)N(CC(=O)NCc2ccccc2)c2cccc(C(F)(F)F)c2)cc1OC. The van der Waals surface area contributed by atoms with Gasteiger partial charge in [0.25, 0.3) is 10.0 Å². The molecular formula is C24H23F3N2O5S. The average Bonchev–Trinajstić information content (AvgIpc) is 2.85. The van der Waals surface area contributed by atoms with Gasteiger partial charge in [-0.05, 0) is 35.9 Å². The number of carbonyl (C=O) groups excluding carboxylic acids is 1. The Bertz CT molecular complexity index is 1280. The van der Waals surface area contributed by atoms with E-state index >= 15 is 0 Å². The monoisotopic (exact) mass is 508 g/mol.